The molecule has 15 heavy (non-hydrogen) atoms. The van der Waals surface area contributed by atoms with E-state index in [1.54, 1.807) is 7.11 Å². The van der Waals surface area contributed by atoms with Gasteiger partial charge in [-0.05, 0) is 31.7 Å². The van der Waals surface area contributed by atoms with Gasteiger partial charge < -0.3 is 15.0 Å². The van der Waals surface area contributed by atoms with Gasteiger partial charge in [0, 0.05) is 26.2 Å². The van der Waals surface area contributed by atoms with Crippen molar-refractivity contribution >= 4 is 5.91 Å². The van der Waals surface area contributed by atoms with Crippen molar-refractivity contribution in [1.29, 1.82) is 0 Å². The highest BCUT2D eigenvalue weighted by atomic mass is 16.5. The number of ether oxygens (including phenoxy) is 1. The number of hydrogen-bond acceptors (Lipinski definition) is 3. The molecule has 4 heteroatoms. The van der Waals surface area contributed by atoms with Gasteiger partial charge in [-0.3, -0.25) is 4.79 Å². The second-order valence-electron chi connectivity index (χ2n) is 4.52. The van der Waals surface area contributed by atoms with Gasteiger partial charge >= 0.3 is 0 Å². The first kappa shape index (κ1) is 10.9. The minimum absolute atomic E-state index is 0.140. The number of nitrogens with zero attached hydrogens (tertiary/aromatic N) is 1. The molecule has 0 radical (unpaired) electrons. The van der Waals surface area contributed by atoms with E-state index in [1.165, 1.54) is 12.8 Å². The Morgan fingerprint density at radius 2 is 2.40 bits per heavy atom. The minimum Gasteiger partial charge on any atom is -0.375 e. The lowest BCUT2D eigenvalue weighted by Gasteiger charge is -2.41. The molecule has 2 aliphatic rings. The Bertz CT molecular complexity index is 233. The lowest BCUT2D eigenvalue weighted by Crippen LogP contribution is -2.53. The second-order valence-corrected chi connectivity index (χ2v) is 4.52. The van der Waals surface area contributed by atoms with Crippen molar-refractivity contribution in [2.24, 2.45) is 5.92 Å². The van der Waals surface area contributed by atoms with Crippen molar-refractivity contribution in [2.75, 3.05) is 33.4 Å². The quantitative estimate of drug-likeness (QED) is 0.712. The van der Waals surface area contributed by atoms with E-state index in [-0.39, 0.29) is 12.5 Å². The topological polar surface area (TPSA) is 41.6 Å². The Kier molecular flexibility index (Phi) is 3.59. The van der Waals surface area contributed by atoms with Crippen molar-refractivity contribution in [2.45, 2.75) is 25.3 Å². The lowest BCUT2D eigenvalue weighted by atomic mass is 9.85. The summed E-state index contributed by atoms with van der Waals surface area (Å²) < 4.78 is 4.89. The van der Waals surface area contributed by atoms with Gasteiger partial charge in [0.15, 0.2) is 0 Å². The number of piperidine rings is 2. The predicted octanol–water partition coefficient (Wildman–Crippen LogP) is 0.233. The summed E-state index contributed by atoms with van der Waals surface area (Å²) in [5.74, 6) is 0.801. The number of hydrogen-bond donors (Lipinski definition) is 1. The zero-order valence-corrected chi connectivity index (χ0v) is 9.37. The maximum atomic E-state index is 11.7. The molecule has 0 aromatic heterocycles. The number of likely N-dealkylation sites (tertiary alicyclic amines) is 1. The molecule has 0 aromatic carbocycles. The molecule has 2 saturated heterocycles. The van der Waals surface area contributed by atoms with E-state index in [0.717, 1.165) is 26.1 Å². The fourth-order valence-electron chi connectivity index (χ4n) is 2.69. The zero-order valence-electron chi connectivity index (χ0n) is 9.37. The largest absolute Gasteiger partial charge is 0.375 e. The third kappa shape index (κ3) is 2.49. The van der Waals surface area contributed by atoms with Gasteiger partial charge in [0.1, 0.15) is 6.61 Å². The first-order chi connectivity index (χ1) is 7.31. The van der Waals surface area contributed by atoms with Crippen LogP contribution in [0.3, 0.4) is 0 Å². The molecule has 0 spiro atoms. The van der Waals surface area contributed by atoms with Crippen LogP contribution in [0.2, 0.25) is 0 Å². The molecule has 0 aliphatic carbocycles. The van der Waals surface area contributed by atoms with E-state index in [4.69, 9.17) is 4.74 Å². The van der Waals surface area contributed by atoms with Crippen LogP contribution in [0.25, 0.3) is 0 Å². The molecule has 2 heterocycles. The molecule has 86 valence electrons. The number of rotatable bonds is 2. The highest BCUT2D eigenvalue weighted by molar-refractivity contribution is 5.77. The molecule has 0 aromatic rings. The summed E-state index contributed by atoms with van der Waals surface area (Å²) in [6, 6.07) is 0.644. The Labute approximate surface area is 91.0 Å². The molecule has 0 bridgehead atoms. The van der Waals surface area contributed by atoms with Crippen LogP contribution >= 0.6 is 0 Å². The van der Waals surface area contributed by atoms with Crippen molar-refractivity contribution in [3.05, 3.63) is 0 Å². The molecule has 0 saturated carbocycles. The summed E-state index contributed by atoms with van der Waals surface area (Å²) in [5, 5.41) is 3.54. The number of amides is 1. The average Bonchev–Trinajstić information content (AvgIpc) is 2.29. The minimum atomic E-state index is 0.140. The first-order valence-corrected chi connectivity index (χ1v) is 5.81. The highest BCUT2D eigenvalue weighted by Crippen LogP contribution is 2.24. The highest BCUT2D eigenvalue weighted by Gasteiger charge is 2.32. The number of carbonyl (C=O) groups is 1. The Hall–Kier alpha value is -0.610. The van der Waals surface area contributed by atoms with Crippen molar-refractivity contribution in [3.63, 3.8) is 0 Å². The average molecular weight is 212 g/mol. The van der Waals surface area contributed by atoms with Crippen LogP contribution in [0, 0.1) is 5.92 Å². The normalized spacial score (nSPS) is 31.1. The maximum absolute atomic E-state index is 11.7. The van der Waals surface area contributed by atoms with E-state index in [9.17, 15) is 4.79 Å². The zero-order chi connectivity index (χ0) is 10.7. The number of nitrogens with one attached hydrogen (secondary N) is 1. The van der Waals surface area contributed by atoms with Gasteiger partial charge in [0.25, 0.3) is 0 Å². The van der Waals surface area contributed by atoms with Crippen LogP contribution in [-0.4, -0.2) is 50.2 Å². The lowest BCUT2D eigenvalue weighted by molar-refractivity contribution is -0.137. The van der Waals surface area contributed by atoms with Crippen LogP contribution in [0.5, 0.6) is 0 Å². The second kappa shape index (κ2) is 4.94. The maximum Gasteiger partial charge on any atom is 0.248 e. The van der Waals surface area contributed by atoms with E-state index < -0.39 is 0 Å². The molecular formula is C11H20N2O2. The SMILES string of the molecule is COCC(=O)N1CC[C@H]2NCCC[C@H]2C1. The van der Waals surface area contributed by atoms with Crippen molar-refractivity contribution < 1.29 is 9.53 Å². The molecular weight excluding hydrogens is 192 g/mol. The van der Waals surface area contributed by atoms with Crippen molar-refractivity contribution in [3.8, 4) is 0 Å². The predicted molar refractivity (Wildman–Crippen MR) is 57.6 cm³/mol. The summed E-state index contributed by atoms with van der Waals surface area (Å²) in [7, 11) is 1.58. The van der Waals surface area contributed by atoms with E-state index in [0.29, 0.717) is 12.0 Å². The van der Waals surface area contributed by atoms with E-state index >= 15 is 0 Å². The molecule has 2 fully saturated rings. The van der Waals surface area contributed by atoms with Gasteiger partial charge in [-0.1, -0.05) is 0 Å². The smallest absolute Gasteiger partial charge is 0.248 e. The third-order valence-electron chi connectivity index (χ3n) is 3.51. The van der Waals surface area contributed by atoms with Gasteiger partial charge in [-0.15, -0.1) is 0 Å². The number of fused-ring (bicyclic) bond motifs is 1. The molecule has 2 aliphatic heterocycles. The third-order valence-corrected chi connectivity index (χ3v) is 3.51. The van der Waals surface area contributed by atoms with Crippen LogP contribution in [0.15, 0.2) is 0 Å². The fourth-order valence-corrected chi connectivity index (χ4v) is 2.69. The summed E-state index contributed by atoms with van der Waals surface area (Å²) in [6.45, 7) is 3.17. The van der Waals surface area contributed by atoms with Gasteiger partial charge in [0.05, 0.1) is 0 Å². The van der Waals surface area contributed by atoms with Crippen LogP contribution < -0.4 is 5.32 Å². The van der Waals surface area contributed by atoms with E-state index in [2.05, 4.69) is 5.32 Å². The molecule has 1 amide bonds. The summed E-state index contributed by atoms with van der Waals surface area (Å²) in [5.41, 5.74) is 0. The Balaban J connectivity index is 1.87. The van der Waals surface area contributed by atoms with Crippen molar-refractivity contribution in [1.82, 2.24) is 10.2 Å². The Morgan fingerprint density at radius 3 is 3.20 bits per heavy atom. The summed E-state index contributed by atoms with van der Waals surface area (Å²) >= 11 is 0. The molecule has 1 N–H and O–H groups in total. The standard InChI is InChI=1S/C11H20N2O2/c1-15-8-11(14)13-6-4-10-9(7-13)3-2-5-12-10/h9-10,12H,2-8H2,1H3/t9-,10+/m0/s1. The monoisotopic (exact) mass is 212 g/mol. The summed E-state index contributed by atoms with van der Waals surface area (Å²) in [6.07, 6.45) is 3.60. The van der Waals surface area contributed by atoms with Crippen LogP contribution in [0.4, 0.5) is 0 Å². The molecule has 2 rings (SSSR count). The van der Waals surface area contributed by atoms with Crippen LogP contribution in [-0.2, 0) is 9.53 Å². The van der Waals surface area contributed by atoms with Gasteiger partial charge in [-0.2, -0.15) is 0 Å². The molecule has 2 atom stereocenters. The number of carbonyl (C=O) groups excluding carboxylic acids is 1. The Morgan fingerprint density at radius 1 is 1.53 bits per heavy atom. The first-order valence-electron chi connectivity index (χ1n) is 5.81. The van der Waals surface area contributed by atoms with Gasteiger partial charge in [-0.25, -0.2) is 0 Å². The number of methoxy groups -OCH3 is 1. The molecule has 4 nitrogen and oxygen atoms in total. The van der Waals surface area contributed by atoms with E-state index in [1.807, 2.05) is 4.90 Å². The van der Waals surface area contributed by atoms with Crippen LogP contribution in [0.1, 0.15) is 19.3 Å². The van der Waals surface area contributed by atoms with Gasteiger partial charge in [0.2, 0.25) is 5.91 Å². The summed E-state index contributed by atoms with van der Waals surface area (Å²) in [4.78, 5) is 13.6. The molecule has 0 unspecified atom stereocenters. The fraction of sp³-hybridized carbons (Fsp3) is 0.909.